The van der Waals surface area contributed by atoms with Crippen molar-refractivity contribution in [3.63, 3.8) is 0 Å². The van der Waals surface area contributed by atoms with E-state index in [1.807, 2.05) is 0 Å². The van der Waals surface area contributed by atoms with E-state index in [9.17, 15) is 0 Å². The van der Waals surface area contributed by atoms with Crippen molar-refractivity contribution in [2.45, 2.75) is 36.3 Å². The maximum Gasteiger partial charge on any atom is 0.474 e. The summed E-state index contributed by atoms with van der Waals surface area (Å²) < 4.78 is 11.3. The predicted octanol–water partition coefficient (Wildman–Crippen LogP) is 2.16. The van der Waals surface area contributed by atoms with Crippen LogP contribution in [-0.2, 0) is 9.31 Å². The Morgan fingerprint density at radius 1 is 1.00 bits per heavy atom. The third-order valence-corrected chi connectivity index (χ3v) is 3.85. The molecule has 1 saturated carbocycles. The first-order valence-corrected chi connectivity index (χ1v) is 5.53. The van der Waals surface area contributed by atoms with Gasteiger partial charge >= 0.3 is 7.12 Å². The van der Waals surface area contributed by atoms with Crippen molar-refractivity contribution in [3.05, 3.63) is 0 Å². The van der Waals surface area contributed by atoms with E-state index in [2.05, 4.69) is 15.9 Å². The van der Waals surface area contributed by atoms with E-state index in [4.69, 9.17) is 9.31 Å². The summed E-state index contributed by atoms with van der Waals surface area (Å²) in [7, 11) is 0.00810. The Balaban J connectivity index is 1.96. The molecule has 0 atom stereocenters. The van der Waals surface area contributed by atoms with Gasteiger partial charge in [0.25, 0.3) is 0 Å². The fourth-order valence-electron chi connectivity index (χ4n) is 1.98. The summed E-state index contributed by atoms with van der Waals surface area (Å²) in [4.78, 5) is 0. The molecule has 0 N–H and O–H groups in total. The molecular weight excluding hydrogens is 219 g/mol. The predicted molar refractivity (Wildman–Crippen MR) is 52.4 cm³/mol. The lowest BCUT2D eigenvalue weighted by atomic mass is 9.69. The zero-order valence-corrected chi connectivity index (χ0v) is 8.81. The topological polar surface area (TPSA) is 18.5 Å². The van der Waals surface area contributed by atoms with Crippen molar-refractivity contribution in [1.82, 2.24) is 0 Å². The number of alkyl halides is 1. The first kappa shape index (κ1) is 9.04. The molecule has 1 aliphatic carbocycles. The summed E-state index contributed by atoms with van der Waals surface area (Å²) in [5, 5.41) is 0. The lowest BCUT2D eigenvalue weighted by Crippen LogP contribution is -2.46. The Morgan fingerprint density at radius 3 is 2.17 bits per heavy atom. The van der Waals surface area contributed by atoms with Crippen LogP contribution in [-0.4, -0.2) is 24.6 Å². The highest BCUT2D eigenvalue weighted by atomic mass is 79.9. The van der Waals surface area contributed by atoms with Crippen LogP contribution in [0.3, 0.4) is 0 Å². The van der Waals surface area contributed by atoms with Gasteiger partial charge < -0.3 is 9.31 Å². The molecule has 2 fully saturated rings. The smallest absolute Gasteiger partial charge is 0.410 e. The largest absolute Gasteiger partial charge is 0.474 e. The van der Waals surface area contributed by atoms with E-state index in [-0.39, 0.29) is 11.3 Å². The number of hydrogen-bond acceptors (Lipinski definition) is 2. The molecule has 0 radical (unpaired) electrons. The lowest BCUT2D eigenvalue weighted by Gasteiger charge is -2.30. The van der Waals surface area contributed by atoms with E-state index in [1.165, 1.54) is 25.7 Å². The van der Waals surface area contributed by atoms with Crippen LogP contribution >= 0.6 is 15.9 Å². The molecule has 68 valence electrons. The molecule has 0 amide bonds. The minimum absolute atomic E-state index is 0.00810. The monoisotopic (exact) mass is 232 g/mol. The maximum atomic E-state index is 5.60. The standard InChI is InChI=1S/C8H14BBrO2/c10-8(4-1-2-5-8)9-11-6-3-7-12-9/h1-7H2. The molecule has 2 rings (SSSR count). The fraction of sp³-hybridized carbons (Fsp3) is 1.00. The molecule has 0 unspecified atom stereocenters. The van der Waals surface area contributed by atoms with Crippen LogP contribution in [0.1, 0.15) is 32.1 Å². The van der Waals surface area contributed by atoms with Crippen LogP contribution in [0, 0.1) is 0 Å². The van der Waals surface area contributed by atoms with Gasteiger partial charge in [-0.15, -0.1) is 0 Å². The molecule has 0 spiro atoms. The van der Waals surface area contributed by atoms with Gasteiger partial charge in [0.1, 0.15) is 0 Å². The second kappa shape index (κ2) is 3.68. The molecule has 1 saturated heterocycles. The van der Waals surface area contributed by atoms with Crippen molar-refractivity contribution in [1.29, 1.82) is 0 Å². The van der Waals surface area contributed by atoms with Gasteiger partial charge in [0.05, 0.1) is 4.22 Å². The molecule has 12 heavy (non-hydrogen) atoms. The van der Waals surface area contributed by atoms with E-state index in [0.29, 0.717) is 0 Å². The van der Waals surface area contributed by atoms with E-state index in [1.54, 1.807) is 0 Å². The van der Waals surface area contributed by atoms with Crippen LogP contribution in [0.15, 0.2) is 0 Å². The van der Waals surface area contributed by atoms with Crippen molar-refractivity contribution in [3.8, 4) is 0 Å². The van der Waals surface area contributed by atoms with Crippen LogP contribution in [0.25, 0.3) is 0 Å². The molecular formula is C8H14BBrO2. The molecule has 0 aromatic heterocycles. The fourth-order valence-corrected chi connectivity index (χ4v) is 2.81. The Labute approximate surface area is 82.3 Å². The Kier molecular flexibility index (Phi) is 2.77. The molecule has 2 aliphatic rings. The highest BCUT2D eigenvalue weighted by molar-refractivity contribution is 9.10. The van der Waals surface area contributed by atoms with Crippen molar-refractivity contribution >= 4 is 23.0 Å². The molecule has 0 aromatic rings. The summed E-state index contributed by atoms with van der Waals surface area (Å²) in [6.45, 7) is 1.72. The van der Waals surface area contributed by atoms with Gasteiger partial charge in [-0.25, -0.2) is 0 Å². The SMILES string of the molecule is BrC1(B2OCCCO2)CCCC1. The van der Waals surface area contributed by atoms with Crippen molar-refractivity contribution < 1.29 is 9.31 Å². The van der Waals surface area contributed by atoms with E-state index < -0.39 is 0 Å². The highest BCUT2D eigenvalue weighted by Gasteiger charge is 2.46. The normalized spacial score (nSPS) is 29.2. The first-order chi connectivity index (χ1) is 5.81. The maximum absolute atomic E-state index is 5.60. The summed E-state index contributed by atoms with van der Waals surface area (Å²) >= 11 is 3.76. The average molecular weight is 233 g/mol. The average Bonchev–Trinajstić information content (AvgIpc) is 2.55. The second-order valence-corrected chi connectivity index (χ2v) is 5.25. The summed E-state index contributed by atoms with van der Waals surface area (Å²) in [6.07, 6.45) is 6.03. The Morgan fingerprint density at radius 2 is 1.58 bits per heavy atom. The van der Waals surface area contributed by atoms with Gasteiger partial charge in [-0.1, -0.05) is 28.8 Å². The van der Waals surface area contributed by atoms with Gasteiger partial charge in [-0.05, 0) is 19.3 Å². The highest BCUT2D eigenvalue weighted by Crippen LogP contribution is 2.40. The summed E-state index contributed by atoms with van der Waals surface area (Å²) in [5.41, 5.74) is 0. The number of halogens is 1. The minimum Gasteiger partial charge on any atom is -0.410 e. The molecule has 0 aromatic carbocycles. The molecule has 0 bridgehead atoms. The van der Waals surface area contributed by atoms with Gasteiger partial charge in [-0.3, -0.25) is 0 Å². The zero-order chi connectivity index (χ0) is 8.44. The lowest BCUT2D eigenvalue weighted by molar-refractivity contribution is 0.125. The van der Waals surface area contributed by atoms with Crippen LogP contribution < -0.4 is 0 Å². The minimum atomic E-state index is 0.00810. The van der Waals surface area contributed by atoms with Crippen molar-refractivity contribution in [2.75, 3.05) is 13.2 Å². The molecule has 1 heterocycles. The molecule has 4 heteroatoms. The molecule has 1 aliphatic heterocycles. The Bertz CT molecular complexity index is 153. The molecule has 2 nitrogen and oxygen atoms in total. The third-order valence-electron chi connectivity index (χ3n) is 2.68. The van der Waals surface area contributed by atoms with E-state index in [0.717, 1.165) is 19.6 Å². The zero-order valence-electron chi connectivity index (χ0n) is 7.22. The summed E-state index contributed by atoms with van der Waals surface area (Å²) in [6, 6.07) is 0. The van der Waals surface area contributed by atoms with Crippen LogP contribution in [0.4, 0.5) is 0 Å². The second-order valence-electron chi connectivity index (χ2n) is 3.67. The quantitative estimate of drug-likeness (QED) is 0.510. The van der Waals surface area contributed by atoms with Gasteiger partial charge in [-0.2, -0.15) is 0 Å². The number of hydrogen-bond donors (Lipinski definition) is 0. The number of rotatable bonds is 1. The first-order valence-electron chi connectivity index (χ1n) is 4.73. The third kappa shape index (κ3) is 1.70. The van der Waals surface area contributed by atoms with Gasteiger partial charge in [0.15, 0.2) is 0 Å². The van der Waals surface area contributed by atoms with Gasteiger partial charge in [0, 0.05) is 13.2 Å². The van der Waals surface area contributed by atoms with Crippen LogP contribution in [0.5, 0.6) is 0 Å². The summed E-state index contributed by atoms with van der Waals surface area (Å²) in [5.74, 6) is 0. The van der Waals surface area contributed by atoms with Crippen LogP contribution in [0.2, 0.25) is 0 Å². The van der Waals surface area contributed by atoms with Gasteiger partial charge in [0.2, 0.25) is 0 Å². The van der Waals surface area contributed by atoms with E-state index >= 15 is 0 Å². The Hall–Kier alpha value is 0.465. The van der Waals surface area contributed by atoms with Crippen molar-refractivity contribution in [2.24, 2.45) is 0 Å².